The predicted molar refractivity (Wildman–Crippen MR) is 140 cm³/mol. The Hall–Kier alpha value is -2.57. The molecule has 180 valence electrons. The van der Waals surface area contributed by atoms with Gasteiger partial charge in [0.2, 0.25) is 5.91 Å². The van der Waals surface area contributed by atoms with Gasteiger partial charge in [-0.3, -0.25) is 4.79 Å². The normalized spacial score (nSPS) is 18.3. The van der Waals surface area contributed by atoms with Crippen LogP contribution in [0.2, 0.25) is 0 Å². The second-order valence-corrected chi connectivity index (χ2v) is 9.99. The van der Waals surface area contributed by atoms with Crippen molar-refractivity contribution in [1.29, 1.82) is 0 Å². The third-order valence-electron chi connectivity index (χ3n) is 6.13. The average molecular weight is 478 g/mol. The molecule has 5 nitrogen and oxygen atoms in total. The van der Waals surface area contributed by atoms with E-state index in [2.05, 4.69) is 60.0 Å². The molecule has 0 saturated carbocycles. The number of nitrogens with zero attached hydrogens (tertiary/aromatic N) is 3. The lowest BCUT2D eigenvalue weighted by atomic mass is 10.0. The van der Waals surface area contributed by atoms with Crippen molar-refractivity contribution in [2.24, 2.45) is 0 Å². The minimum Gasteiger partial charge on any atom is -0.372 e. The first-order valence-electron chi connectivity index (χ1n) is 12.3. The van der Waals surface area contributed by atoms with E-state index in [-0.39, 0.29) is 18.1 Å². The van der Waals surface area contributed by atoms with Crippen LogP contribution in [0.1, 0.15) is 40.0 Å². The van der Waals surface area contributed by atoms with Gasteiger partial charge in [0.1, 0.15) is 0 Å². The fourth-order valence-electron chi connectivity index (χ4n) is 4.60. The summed E-state index contributed by atoms with van der Waals surface area (Å²) in [5, 5.41) is 1.04. The first-order valence-corrected chi connectivity index (χ1v) is 13.3. The van der Waals surface area contributed by atoms with E-state index in [1.54, 1.807) is 11.8 Å². The quantitative estimate of drug-likeness (QED) is 0.275. The molecule has 2 heterocycles. The highest BCUT2D eigenvalue weighted by atomic mass is 32.2. The van der Waals surface area contributed by atoms with Crippen LogP contribution in [0.4, 0.5) is 0 Å². The molecule has 1 amide bonds. The number of hydrogen-bond acceptors (Lipinski definition) is 4. The minimum absolute atomic E-state index is 0.119. The Morgan fingerprint density at radius 2 is 1.59 bits per heavy atom. The molecule has 1 saturated heterocycles. The Balaban J connectivity index is 1.41. The third-order valence-corrected chi connectivity index (χ3v) is 7.19. The van der Waals surface area contributed by atoms with Crippen LogP contribution in [-0.4, -0.2) is 51.4 Å². The summed E-state index contributed by atoms with van der Waals surface area (Å²) >= 11 is 1.79. The largest absolute Gasteiger partial charge is 0.372 e. The molecule has 0 bridgehead atoms. The molecule has 0 spiro atoms. The van der Waals surface area contributed by atoms with Crippen LogP contribution in [0.25, 0.3) is 22.5 Å². The molecule has 2 unspecified atom stereocenters. The Morgan fingerprint density at radius 1 is 0.971 bits per heavy atom. The van der Waals surface area contributed by atoms with Crippen LogP contribution < -0.4 is 0 Å². The van der Waals surface area contributed by atoms with Crippen molar-refractivity contribution in [3.05, 3.63) is 60.7 Å². The number of carbonyl (C=O) groups is 1. The molecule has 1 aromatic heterocycles. The van der Waals surface area contributed by atoms with Crippen molar-refractivity contribution < 1.29 is 9.53 Å². The number of carbonyl (C=O) groups excluding carboxylic acids is 1. The number of morpholine rings is 1. The van der Waals surface area contributed by atoms with Crippen molar-refractivity contribution in [3.63, 3.8) is 0 Å². The van der Waals surface area contributed by atoms with Gasteiger partial charge in [-0.1, -0.05) is 72.4 Å². The molecule has 0 N–H and O–H groups in total. The number of hydrogen-bond donors (Lipinski definition) is 0. The maximum atomic E-state index is 12.6. The number of ether oxygens (including phenoxy) is 1. The van der Waals surface area contributed by atoms with E-state index in [4.69, 9.17) is 9.72 Å². The number of rotatable bonds is 9. The summed E-state index contributed by atoms with van der Waals surface area (Å²) in [6.45, 7) is 8.52. The summed E-state index contributed by atoms with van der Waals surface area (Å²) in [6, 6.07) is 20.9. The summed E-state index contributed by atoms with van der Waals surface area (Å²) in [7, 11) is 0. The number of aromatic nitrogens is 2. The van der Waals surface area contributed by atoms with Crippen molar-refractivity contribution in [2.45, 2.75) is 63.9 Å². The van der Waals surface area contributed by atoms with E-state index in [1.807, 2.05) is 30.9 Å². The summed E-state index contributed by atoms with van der Waals surface area (Å²) in [4.78, 5) is 19.7. The highest BCUT2D eigenvalue weighted by Crippen LogP contribution is 2.36. The lowest BCUT2D eigenvalue weighted by Crippen LogP contribution is -2.48. The fourth-order valence-corrected chi connectivity index (χ4v) is 5.67. The number of imidazole rings is 1. The first kappa shape index (κ1) is 24.6. The summed E-state index contributed by atoms with van der Waals surface area (Å²) < 4.78 is 8.07. The molecule has 0 aliphatic carbocycles. The molecule has 4 rings (SSSR count). The predicted octanol–water partition coefficient (Wildman–Crippen LogP) is 6.14. The topological polar surface area (TPSA) is 47.4 Å². The van der Waals surface area contributed by atoms with E-state index < -0.39 is 0 Å². The van der Waals surface area contributed by atoms with E-state index >= 15 is 0 Å². The van der Waals surface area contributed by atoms with Crippen LogP contribution in [0.15, 0.2) is 65.8 Å². The molecule has 3 aromatic rings. The van der Waals surface area contributed by atoms with Gasteiger partial charge >= 0.3 is 0 Å². The maximum absolute atomic E-state index is 12.6. The monoisotopic (exact) mass is 477 g/mol. The van der Waals surface area contributed by atoms with Gasteiger partial charge in [-0.25, -0.2) is 4.98 Å². The van der Waals surface area contributed by atoms with Crippen molar-refractivity contribution in [1.82, 2.24) is 14.5 Å². The third kappa shape index (κ3) is 5.91. The summed E-state index contributed by atoms with van der Waals surface area (Å²) in [5.41, 5.74) is 4.52. The van der Waals surface area contributed by atoms with Gasteiger partial charge in [0.15, 0.2) is 5.16 Å². The van der Waals surface area contributed by atoms with Gasteiger partial charge in [-0.15, -0.1) is 0 Å². The van der Waals surface area contributed by atoms with Crippen LogP contribution in [0.3, 0.4) is 0 Å². The first-order chi connectivity index (χ1) is 16.6. The van der Waals surface area contributed by atoms with Crippen molar-refractivity contribution >= 4 is 17.7 Å². The molecule has 34 heavy (non-hydrogen) atoms. The van der Waals surface area contributed by atoms with Crippen LogP contribution in [0.5, 0.6) is 0 Å². The van der Waals surface area contributed by atoms with E-state index in [0.29, 0.717) is 19.5 Å². The lowest BCUT2D eigenvalue weighted by Gasteiger charge is -2.35. The van der Waals surface area contributed by atoms with Gasteiger partial charge < -0.3 is 14.2 Å². The number of benzene rings is 2. The van der Waals surface area contributed by atoms with Gasteiger partial charge in [0.25, 0.3) is 0 Å². The molecular weight excluding hydrogens is 442 g/mol. The highest BCUT2D eigenvalue weighted by molar-refractivity contribution is 7.99. The lowest BCUT2D eigenvalue weighted by molar-refractivity contribution is -0.143. The van der Waals surface area contributed by atoms with Crippen LogP contribution in [0, 0.1) is 0 Å². The molecule has 1 aliphatic heterocycles. The van der Waals surface area contributed by atoms with Crippen LogP contribution >= 0.6 is 11.8 Å². The van der Waals surface area contributed by atoms with Crippen molar-refractivity contribution in [3.8, 4) is 22.5 Å². The summed E-state index contributed by atoms with van der Waals surface area (Å²) in [5.74, 6) is 1.20. The SMILES string of the molecule is CCn1c(SCCCCC(=O)N2CC(C)OC(C)C2)nc(-c2ccccc2)c1-c1ccccc1. The average Bonchev–Trinajstić information content (AvgIpc) is 3.22. The van der Waals surface area contributed by atoms with E-state index in [9.17, 15) is 4.79 Å². The zero-order chi connectivity index (χ0) is 23.9. The Labute approximate surface area is 207 Å². The van der Waals surface area contributed by atoms with E-state index in [0.717, 1.165) is 41.6 Å². The summed E-state index contributed by atoms with van der Waals surface area (Å²) in [6.07, 6.45) is 2.73. The van der Waals surface area contributed by atoms with Gasteiger partial charge in [0, 0.05) is 42.9 Å². The molecule has 1 aliphatic rings. The Bertz CT molecular complexity index is 1060. The van der Waals surface area contributed by atoms with E-state index in [1.165, 1.54) is 11.3 Å². The Kier molecular flexibility index (Phi) is 8.46. The second-order valence-electron chi connectivity index (χ2n) is 8.93. The number of unbranched alkanes of at least 4 members (excludes halogenated alkanes) is 1. The minimum atomic E-state index is 0.119. The van der Waals surface area contributed by atoms with Gasteiger partial charge in [-0.05, 0) is 33.6 Å². The van der Waals surface area contributed by atoms with Gasteiger partial charge in [-0.2, -0.15) is 0 Å². The zero-order valence-electron chi connectivity index (χ0n) is 20.4. The highest BCUT2D eigenvalue weighted by Gasteiger charge is 2.25. The molecular formula is C28H35N3O2S. The van der Waals surface area contributed by atoms with Gasteiger partial charge in [0.05, 0.1) is 23.6 Å². The Morgan fingerprint density at radius 3 is 2.21 bits per heavy atom. The standard InChI is InChI=1S/C28H35N3O2S/c1-4-31-27(24-15-9-6-10-16-24)26(23-13-7-5-8-14-23)29-28(31)34-18-12-11-17-25(32)30-19-21(2)33-22(3)20-30/h5-10,13-16,21-22H,4,11-12,17-20H2,1-3H3. The number of amides is 1. The van der Waals surface area contributed by atoms with Crippen molar-refractivity contribution in [2.75, 3.05) is 18.8 Å². The fraction of sp³-hybridized carbons (Fsp3) is 0.429. The maximum Gasteiger partial charge on any atom is 0.222 e. The molecule has 6 heteroatoms. The molecule has 2 atom stereocenters. The smallest absolute Gasteiger partial charge is 0.222 e. The number of thioether (sulfide) groups is 1. The zero-order valence-corrected chi connectivity index (χ0v) is 21.3. The molecule has 0 radical (unpaired) electrons. The molecule has 1 fully saturated rings. The second kappa shape index (κ2) is 11.7. The molecule has 2 aromatic carbocycles. The van der Waals surface area contributed by atoms with Crippen LogP contribution in [-0.2, 0) is 16.1 Å².